The molecule has 0 bridgehead atoms. The van der Waals surface area contributed by atoms with Gasteiger partial charge in [-0.2, -0.15) is 4.98 Å². The van der Waals surface area contributed by atoms with Crippen LogP contribution in [0.1, 0.15) is 24.1 Å². The molecule has 96 valence electrons. The molecule has 0 radical (unpaired) electrons. The zero-order valence-corrected chi connectivity index (χ0v) is 10.5. The summed E-state index contributed by atoms with van der Waals surface area (Å²) in [6.07, 6.45) is 2.74. The van der Waals surface area contributed by atoms with E-state index in [9.17, 15) is 0 Å². The number of aryl methyl sites for hydroxylation is 1. The van der Waals surface area contributed by atoms with Crippen LogP contribution in [0, 0.1) is 6.92 Å². The van der Waals surface area contributed by atoms with E-state index in [1.807, 2.05) is 13.8 Å². The van der Waals surface area contributed by atoms with Gasteiger partial charge in [0.15, 0.2) is 5.82 Å². The van der Waals surface area contributed by atoms with Gasteiger partial charge in [0.25, 0.3) is 0 Å². The summed E-state index contributed by atoms with van der Waals surface area (Å²) in [5.41, 5.74) is 6.69. The van der Waals surface area contributed by atoms with Crippen LogP contribution in [0.15, 0.2) is 10.9 Å². The molecule has 0 amide bonds. The lowest BCUT2D eigenvalue weighted by Crippen LogP contribution is -2.12. The largest absolute Gasteiger partial charge is 0.383 e. The highest BCUT2D eigenvalue weighted by Crippen LogP contribution is 2.17. The predicted molar refractivity (Wildman–Crippen MR) is 67.1 cm³/mol. The average Bonchev–Trinajstić information content (AvgIpc) is 2.87. The van der Waals surface area contributed by atoms with Crippen molar-refractivity contribution in [3.05, 3.63) is 23.6 Å². The van der Waals surface area contributed by atoms with Crippen LogP contribution >= 0.6 is 0 Å². The molecule has 0 saturated heterocycles. The number of anilines is 2. The first-order valence-electron chi connectivity index (χ1n) is 5.82. The smallest absolute Gasteiger partial charge is 0.213 e. The van der Waals surface area contributed by atoms with Crippen LogP contribution in [0.3, 0.4) is 0 Å². The highest BCUT2D eigenvalue weighted by atomic mass is 16.5. The SMILES string of the molecule is CCc1nc(N)c(C)c(NCCc2ncon2)n1. The number of rotatable bonds is 5. The van der Waals surface area contributed by atoms with Gasteiger partial charge in [-0.3, -0.25) is 0 Å². The molecular weight excluding hydrogens is 232 g/mol. The Balaban J connectivity index is 2.02. The topological polar surface area (TPSA) is 103 Å². The van der Waals surface area contributed by atoms with Crippen LogP contribution in [0.5, 0.6) is 0 Å². The number of nitrogens with zero attached hydrogens (tertiary/aromatic N) is 4. The van der Waals surface area contributed by atoms with Crippen molar-refractivity contribution in [2.24, 2.45) is 0 Å². The van der Waals surface area contributed by atoms with Gasteiger partial charge >= 0.3 is 0 Å². The second-order valence-electron chi connectivity index (χ2n) is 3.88. The highest BCUT2D eigenvalue weighted by Gasteiger charge is 2.07. The van der Waals surface area contributed by atoms with E-state index in [2.05, 4.69) is 29.9 Å². The lowest BCUT2D eigenvalue weighted by Gasteiger charge is -2.10. The summed E-state index contributed by atoms with van der Waals surface area (Å²) in [5.74, 6) is 2.69. The Bertz CT molecular complexity index is 511. The van der Waals surface area contributed by atoms with Crippen LogP contribution in [-0.4, -0.2) is 26.7 Å². The average molecular weight is 248 g/mol. The summed E-state index contributed by atoms with van der Waals surface area (Å²) >= 11 is 0. The molecule has 0 spiro atoms. The molecule has 2 aromatic heterocycles. The quantitative estimate of drug-likeness (QED) is 0.812. The lowest BCUT2D eigenvalue weighted by molar-refractivity contribution is 0.410. The molecule has 2 rings (SSSR count). The van der Waals surface area contributed by atoms with Gasteiger partial charge in [-0.25, -0.2) is 9.97 Å². The van der Waals surface area contributed by atoms with Crippen molar-refractivity contribution in [2.75, 3.05) is 17.6 Å². The third-order valence-corrected chi connectivity index (χ3v) is 2.59. The van der Waals surface area contributed by atoms with Gasteiger partial charge in [-0.1, -0.05) is 12.1 Å². The normalized spacial score (nSPS) is 10.6. The summed E-state index contributed by atoms with van der Waals surface area (Å²) < 4.78 is 4.66. The maximum absolute atomic E-state index is 5.83. The van der Waals surface area contributed by atoms with Crippen molar-refractivity contribution in [1.29, 1.82) is 0 Å². The summed E-state index contributed by atoms with van der Waals surface area (Å²) in [4.78, 5) is 12.5. The second-order valence-corrected chi connectivity index (χ2v) is 3.88. The standard InChI is InChI=1S/C11H16N6O/c1-3-8-15-10(12)7(2)11(16-8)13-5-4-9-14-6-18-17-9/h6H,3-5H2,1-2H3,(H3,12,13,15,16). The zero-order valence-electron chi connectivity index (χ0n) is 10.5. The second kappa shape index (κ2) is 5.44. The predicted octanol–water partition coefficient (Wildman–Crippen LogP) is 0.967. The molecule has 0 saturated carbocycles. The Morgan fingerprint density at radius 1 is 1.33 bits per heavy atom. The summed E-state index contributed by atoms with van der Waals surface area (Å²) in [6, 6.07) is 0. The molecule has 7 heteroatoms. The van der Waals surface area contributed by atoms with Gasteiger partial charge in [0.1, 0.15) is 17.5 Å². The van der Waals surface area contributed by atoms with Crippen molar-refractivity contribution in [3.63, 3.8) is 0 Å². The minimum absolute atomic E-state index is 0.518. The number of nitrogen functional groups attached to an aromatic ring is 1. The summed E-state index contributed by atoms with van der Waals surface area (Å²) in [7, 11) is 0. The molecule has 0 atom stereocenters. The van der Waals surface area contributed by atoms with Crippen LogP contribution in [0.25, 0.3) is 0 Å². The fourth-order valence-electron chi connectivity index (χ4n) is 1.51. The lowest BCUT2D eigenvalue weighted by atomic mass is 10.3. The van der Waals surface area contributed by atoms with Crippen LogP contribution in [0.2, 0.25) is 0 Å². The van der Waals surface area contributed by atoms with E-state index in [0.29, 0.717) is 24.6 Å². The molecule has 3 N–H and O–H groups in total. The van der Waals surface area contributed by atoms with E-state index in [0.717, 1.165) is 23.6 Å². The molecule has 0 aromatic carbocycles. The first-order valence-corrected chi connectivity index (χ1v) is 5.82. The monoisotopic (exact) mass is 248 g/mol. The van der Waals surface area contributed by atoms with E-state index in [1.165, 1.54) is 6.39 Å². The number of hydrogen-bond acceptors (Lipinski definition) is 7. The van der Waals surface area contributed by atoms with Crippen LogP contribution < -0.4 is 11.1 Å². The first kappa shape index (κ1) is 12.3. The molecule has 2 aromatic rings. The van der Waals surface area contributed by atoms with Crippen molar-refractivity contribution < 1.29 is 4.52 Å². The van der Waals surface area contributed by atoms with Crippen molar-refractivity contribution in [1.82, 2.24) is 20.1 Å². The Morgan fingerprint density at radius 2 is 2.17 bits per heavy atom. The molecule has 0 unspecified atom stereocenters. The van der Waals surface area contributed by atoms with E-state index >= 15 is 0 Å². The fourth-order valence-corrected chi connectivity index (χ4v) is 1.51. The Labute approximate surface area is 105 Å². The number of aromatic nitrogens is 4. The molecule has 18 heavy (non-hydrogen) atoms. The van der Waals surface area contributed by atoms with E-state index < -0.39 is 0 Å². The van der Waals surface area contributed by atoms with Crippen molar-refractivity contribution in [2.45, 2.75) is 26.7 Å². The summed E-state index contributed by atoms with van der Waals surface area (Å²) in [6.45, 7) is 4.55. The van der Waals surface area contributed by atoms with Gasteiger partial charge < -0.3 is 15.6 Å². The highest BCUT2D eigenvalue weighted by molar-refractivity contribution is 5.54. The van der Waals surface area contributed by atoms with Crippen molar-refractivity contribution in [3.8, 4) is 0 Å². The molecule has 2 heterocycles. The Morgan fingerprint density at radius 3 is 2.83 bits per heavy atom. The van der Waals surface area contributed by atoms with Crippen LogP contribution in [0.4, 0.5) is 11.6 Å². The zero-order chi connectivity index (χ0) is 13.0. The Hall–Kier alpha value is -2.18. The van der Waals surface area contributed by atoms with Gasteiger partial charge in [-0.15, -0.1) is 0 Å². The van der Waals surface area contributed by atoms with Crippen molar-refractivity contribution >= 4 is 11.6 Å². The third kappa shape index (κ3) is 2.73. The molecule has 7 nitrogen and oxygen atoms in total. The molecule has 0 aliphatic heterocycles. The molecule has 0 aliphatic carbocycles. The van der Waals surface area contributed by atoms with Gasteiger partial charge in [0.2, 0.25) is 6.39 Å². The maximum atomic E-state index is 5.83. The number of nitrogens with one attached hydrogen (secondary N) is 1. The molecular formula is C11H16N6O. The van der Waals surface area contributed by atoms with E-state index in [-0.39, 0.29) is 0 Å². The number of hydrogen-bond donors (Lipinski definition) is 2. The molecule has 0 fully saturated rings. The third-order valence-electron chi connectivity index (χ3n) is 2.59. The van der Waals surface area contributed by atoms with Crippen LogP contribution in [-0.2, 0) is 12.8 Å². The summed E-state index contributed by atoms with van der Waals surface area (Å²) in [5, 5.41) is 6.95. The minimum atomic E-state index is 0.518. The fraction of sp³-hybridized carbons (Fsp3) is 0.455. The first-order chi connectivity index (χ1) is 8.70. The van der Waals surface area contributed by atoms with Gasteiger partial charge in [0.05, 0.1) is 0 Å². The number of nitrogens with two attached hydrogens (primary N) is 1. The van der Waals surface area contributed by atoms with Gasteiger partial charge in [-0.05, 0) is 6.92 Å². The van der Waals surface area contributed by atoms with E-state index in [4.69, 9.17) is 5.73 Å². The van der Waals surface area contributed by atoms with Gasteiger partial charge in [0, 0.05) is 24.9 Å². The maximum Gasteiger partial charge on any atom is 0.213 e. The Kier molecular flexibility index (Phi) is 3.71. The minimum Gasteiger partial charge on any atom is -0.383 e. The molecule has 0 aliphatic rings. The van der Waals surface area contributed by atoms with E-state index in [1.54, 1.807) is 0 Å².